The van der Waals surface area contributed by atoms with Crippen LogP contribution in [0.4, 0.5) is 5.69 Å². The molecule has 1 amide bonds. The van der Waals surface area contributed by atoms with E-state index in [9.17, 15) is 4.79 Å². The molecule has 2 heterocycles. The topological polar surface area (TPSA) is 123 Å². The number of carbonyl (C=O) groups excluding carboxylic acids is 1. The van der Waals surface area contributed by atoms with Gasteiger partial charge < -0.3 is 26.2 Å². The average Bonchev–Trinajstić information content (AvgIpc) is 3.03. The molecule has 39 heavy (non-hydrogen) atoms. The average molecular weight is 525 g/mol. The van der Waals surface area contributed by atoms with E-state index in [0.29, 0.717) is 11.7 Å². The van der Waals surface area contributed by atoms with E-state index in [1.165, 1.54) is 11.8 Å². The summed E-state index contributed by atoms with van der Waals surface area (Å²) >= 11 is 0. The zero-order valence-electron chi connectivity index (χ0n) is 22.5. The van der Waals surface area contributed by atoms with Crippen LogP contribution in [0.3, 0.4) is 0 Å². The quantitative estimate of drug-likeness (QED) is 0.312. The summed E-state index contributed by atoms with van der Waals surface area (Å²) in [4.78, 5) is 21.8. The van der Waals surface area contributed by atoms with Crippen molar-refractivity contribution in [1.82, 2.24) is 5.32 Å². The van der Waals surface area contributed by atoms with E-state index in [4.69, 9.17) is 20.5 Å². The maximum absolute atomic E-state index is 12.3. The number of ether oxygens (including phenoxy) is 1. The Morgan fingerprint density at radius 1 is 1.18 bits per heavy atom. The molecule has 0 aromatic heterocycles. The Balaban J connectivity index is 1.54. The fraction of sp³-hybridized carbons (Fsp3) is 0.323. The smallest absolute Gasteiger partial charge is 0.258 e. The second-order valence-corrected chi connectivity index (χ2v) is 9.83. The fourth-order valence-corrected chi connectivity index (χ4v) is 4.53. The highest BCUT2D eigenvalue weighted by Crippen LogP contribution is 2.28. The van der Waals surface area contributed by atoms with Crippen LogP contribution in [0.25, 0.3) is 5.70 Å². The van der Waals surface area contributed by atoms with Crippen molar-refractivity contribution in [3.63, 3.8) is 0 Å². The summed E-state index contributed by atoms with van der Waals surface area (Å²) in [6, 6.07) is 13.5. The monoisotopic (exact) mass is 524 g/mol. The molecule has 0 saturated carbocycles. The van der Waals surface area contributed by atoms with Crippen LogP contribution in [0.15, 0.2) is 70.2 Å². The van der Waals surface area contributed by atoms with Crippen LogP contribution in [0.2, 0.25) is 0 Å². The summed E-state index contributed by atoms with van der Waals surface area (Å²) in [6.07, 6.45) is 11.8. The summed E-state index contributed by atoms with van der Waals surface area (Å²) in [5.41, 5.74) is 6.23. The van der Waals surface area contributed by atoms with Crippen molar-refractivity contribution in [1.29, 1.82) is 10.8 Å². The lowest BCUT2D eigenvalue weighted by molar-refractivity contribution is -0.123. The van der Waals surface area contributed by atoms with Gasteiger partial charge in [0.2, 0.25) is 0 Å². The molecule has 2 atom stereocenters. The molecule has 2 aliphatic heterocycles. The Kier molecular flexibility index (Phi) is 9.56. The number of benzene rings is 2. The molecular formula is C31H36N6O2. The minimum Gasteiger partial charge on any atom is -0.484 e. The van der Waals surface area contributed by atoms with Crippen LogP contribution >= 0.6 is 0 Å². The molecular weight excluding hydrogens is 488 g/mol. The third kappa shape index (κ3) is 7.60. The second kappa shape index (κ2) is 13.5. The van der Waals surface area contributed by atoms with Gasteiger partial charge in [0.15, 0.2) is 6.61 Å². The Hall–Kier alpha value is -4.33. The third-order valence-electron chi connectivity index (χ3n) is 6.71. The van der Waals surface area contributed by atoms with Gasteiger partial charge in [0, 0.05) is 42.6 Å². The van der Waals surface area contributed by atoms with Gasteiger partial charge in [-0.2, -0.15) is 0 Å². The first-order chi connectivity index (χ1) is 19.0. The molecule has 2 aromatic rings. The summed E-state index contributed by atoms with van der Waals surface area (Å²) in [6.45, 7) is 4.92. The van der Waals surface area contributed by atoms with E-state index in [-0.39, 0.29) is 18.9 Å². The van der Waals surface area contributed by atoms with Crippen molar-refractivity contribution in [3.05, 3.63) is 76.9 Å². The highest BCUT2D eigenvalue weighted by atomic mass is 16.5. The Labute approximate surface area is 230 Å². The molecule has 4 rings (SSSR count). The van der Waals surface area contributed by atoms with Crippen molar-refractivity contribution in [2.45, 2.75) is 51.5 Å². The van der Waals surface area contributed by atoms with Gasteiger partial charge in [0.05, 0.1) is 11.7 Å². The molecule has 0 saturated heterocycles. The van der Waals surface area contributed by atoms with E-state index < -0.39 is 6.04 Å². The summed E-state index contributed by atoms with van der Waals surface area (Å²) in [5.74, 6) is 1.42. The molecule has 8 heteroatoms. The van der Waals surface area contributed by atoms with Crippen molar-refractivity contribution >= 4 is 41.8 Å². The van der Waals surface area contributed by atoms with Crippen LogP contribution in [-0.2, 0) is 4.79 Å². The van der Waals surface area contributed by atoms with Crippen LogP contribution < -0.4 is 15.4 Å². The third-order valence-corrected chi connectivity index (χ3v) is 6.71. The molecule has 0 fully saturated rings. The van der Waals surface area contributed by atoms with Gasteiger partial charge in [-0.05, 0) is 73.4 Å². The van der Waals surface area contributed by atoms with Crippen molar-refractivity contribution in [2.24, 2.45) is 9.98 Å². The van der Waals surface area contributed by atoms with Crippen LogP contribution in [-0.4, -0.2) is 49.6 Å². The maximum Gasteiger partial charge on any atom is 0.258 e. The van der Waals surface area contributed by atoms with Gasteiger partial charge in [-0.25, -0.2) is 4.99 Å². The lowest BCUT2D eigenvalue weighted by Crippen LogP contribution is -2.38. The van der Waals surface area contributed by atoms with E-state index in [0.717, 1.165) is 65.9 Å². The first-order valence-corrected chi connectivity index (χ1v) is 13.4. The van der Waals surface area contributed by atoms with Crippen LogP contribution in [0, 0.1) is 10.8 Å². The number of aliphatic imine (C=N–C) groups is 2. The van der Waals surface area contributed by atoms with Gasteiger partial charge >= 0.3 is 0 Å². The standard InChI is InChI=1S/C31H36N6O2/c1-21-7-4-3-5-10-29(37-31(21)36-25-11-12-28-22(2)18-34-19-24(28)15-25)23-8-6-9-27(16-23)39-20-30(38)35-26(17-33)13-14-32/h6-12,14-17,19,22,26,32-33H,3-5,13,18,20H2,1-2H3,(H,35,38)(H,36,37). The number of hydrogen-bond acceptors (Lipinski definition) is 7. The molecule has 2 aromatic carbocycles. The number of allylic oxidation sites excluding steroid dienone is 2. The molecule has 0 radical (unpaired) electrons. The summed E-state index contributed by atoms with van der Waals surface area (Å²) < 4.78 is 5.75. The van der Waals surface area contributed by atoms with Crippen LogP contribution in [0.5, 0.6) is 5.75 Å². The lowest BCUT2D eigenvalue weighted by Gasteiger charge is -2.19. The predicted octanol–water partition coefficient (Wildman–Crippen LogP) is 5.76. The highest BCUT2D eigenvalue weighted by molar-refractivity contribution is 6.10. The number of hydrogen-bond donors (Lipinski definition) is 4. The van der Waals surface area contributed by atoms with Crippen molar-refractivity contribution in [3.8, 4) is 5.75 Å². The maximum atomic E-state index is 12.3. The van der Waals surface area contributed by atoms with Crippen molar-refractivity contribution < 1.29 is 9.53 Å². The van der Waals surface area contributed by atoms with Gasteiger partial charge in [0.1, 0.15) is 11.6 Å². The Morgan fingerprint density at radius 3 is 2.85 bits per heavy atom. The Morgan fingerprint density at radius 2 is 2.03 bits per heavy atom. The normalized spacial score (nSPS) is 17.6. The lowest BCUT2D eigenvalue weighted by atomic mass is 9.93. The number of amides is 1. The first-order valence-electron chi connectivity index (χ1n) is 13.4. The number of carbonyl (C=O) groups is 1. The zero-order valence-corrected chi connectivity index (χ0v) is 22.5. The summed E-state index contributed by atoms with van der Waals surface area (Å²) in [7, 11) is 0. The number of fused-ring (bicyclic) bond motifs is 1. The van der Waals surface area contributed by atoms with Gasteiger partial charge in [-0.1, -0.05) is 37.3 Å². The van der Waals surface area contributed by atoms with E-state index >= 15 is 0 Å². The molecule has 2 aliphatic rings. The number of nitrogens with one attached hydrogen (secondary N) is 4. The molecule has 202 valence electrons. The van der Waals surface area contributed by atoms with Gasteiger partial charge in [0.25, 0.3) is 5.91 Å². The number of nitrogens with zero attached hydrogens (tertiary/aromatic N) is 2. The SMILES string of the molecule is CC1=CCCCC=C(c2cccc(OCC(=O)NC(C=N)CC=N)c2)N=C1Nc1ccc2c(c1)C=NCC2C. The van der Waals surface area contributed by atoms with Crippen LogP contribution in [0.1, 0.15) is 62.1 Å². The molecule has 0 bridgehead atoms. The zero-order chi connectivity index (χ0) is 27.6. The molecule has 4 N–H and O–H groups in total. The minimum atomic E-state index is -0.503. The number of anilines is 1. The summed E-state index contributed by atoms with van der Waals surface area (Å²) in [5, 5.41) is 20.8. The van der Waals surface area contributed by atoms with Gasteiger partial charge in [-0.15, -0.1) is 0 Å². The fourth-order valence-electron chi connectivity index (χ4n) is 4.53. The van der Waals surface area contributed by atoms with E-state index in [2.05, 4.69) is 59.8 Å². The van der Waals surface area contributed by atoms with Crippen molar-refractivity contribution in [2.75, 3.05) is 18.5 Å². The van der Waals surface area contributed by atoms with E-state index in [1.807, 2.05) is 30.5 Å². The largest absolute Gasteiger partial charge is 0.484 e. The number of rotatable bonds is 9. The molecule has 8 nitrogen and oxygen atoms in total. The number of amidine groups is 1. The predicted molar refractivity (Wildman–Crippen MR) is 160 cm³/mol. The molecule has 2 unspecified atom stereocenters. The molecule has 0 aliphatic carbocycles. The van der Waals surface area contributed by atoms with Gasteiger partial charge in [-0.3, -0.25) is 9.79 Å². The molecule has 0 spiro atoms. The highest BCUT2D eigenvalue weighted by Gasteiger charge is 2.15. The first kappa shape index (κ1) is 27.7. The second-order valence-electron chi connectivity index (χ2n) is 9.83. The van der Waals surface area contributed by atoms with E-state index in [1.54, 1.807) is 0 Å². The minimum absolute atomic E-state index is 0.178. The Bertz CT molecular complexity index is 1340.